The molecule has 0 amide bonds. The number of aryl methyl sites for hydroxylation is 1. The fourth-order valence-electron chi connectivity index (χ4n) is 5.90. The van der Waals surface area contributed by atoms with Gasteiger partial charge in [0.05, 0.1) is 41.1 Å². The van der Waals surface area contributed by atoms with Crippen LogP contribution >= 0.6 is 22.9 Å². The number of carboxylic acid groups (broad SMARTS) is 1. The maximum absolute atomic E-state index is 14.1. The van der Waals surface area contributed by atoms with Gasteiger partial charge in [0, 0.05) is 17.2 Å². The van der Waals surface area contributed by atoms with Crippen LogP contribution in [0.4, 0.5) is 0 Å². The normalized spacial score (nSPS) is 15.7. The summed E-state index contributed by atoms with van der Waals surface area (Å²) in [7, 11) is 3.19. The summed E-state index contributed by atoms with van der Waals surface area (Å²) in [6.07, 6.45) is 3.29. The van der Waals surface area contributed by atoms with Crippen LogP contribution in [0.3, 0.4) is 0 Å². The van der Waals surface area contributed by atoms with Crippen molar-refractivity contribution in [2.75, 3.05) is 14.2 Å². The number of rotatable bonds is 6. The summed E-state index contributed by atoms with van der Waals surface area (Å²) in [5.74, 6) is 0.946. The van der Waals surface area contributed by atoms with E-state index in [1.54, 1.807) is 37.0 Å². The molecule has 1 N–H and O–H groups in total. The Kier molecular flexibility index (Phi) is 6.99. The number of methoxy groups -OCH3 is 2. The average molecular weight is 625 g/mol. The van der Waals surface area contributed by atoms with Crippen LogP contribution in [0.1, 0.15) is 45.3 Å². The first-order valence-electron chi connectivity index (χ1n) is 13.8. The van der Waals surface area contributed by atoms with Gasteiger partial charge >= 0.3 is 5.97 Å². The second-order valence-corrected chi connectivity index (χ2v) is 11.8. The lowest BCUT2D eigenvalue weighted by Gasteiger charge is -2.31. The molecule has 0 saturated carbocycles. The number of furan rings is 1. The minimum Gasteiger partial charge on any atom is -0.493 e. The Labute approximate surface area is 260 Å². The summed E-state index contributed by atoms with van der Waals surface area (Å²) in [6.45, 7) is 0. The summed E-state index contributed by atoms with van der Waals surface area (Å²) in [5.41, 5.74) is 5.52. The molecule has 10 heteroatoms. The third-order valence-corrected chi connectivity index (χ3v) is 9.29. The van der Waals surface area contributed by atoms with Crippen molar-refractivity contribution in [3.8, 4) is 22.8 Å². The number of carboxylic acids is 1. The highest BCUT2D eigenvalue weighted by atomic mass is 35.5. The highest BCUT2D eigenvalue weighted by Gasteiger charge is 2.33. The molecule has 5 aromatic rings. The number of hydrogen-bond donors (Lipinski definition) is 1. The molecule has 0 radical (unpaired) electrons. The number of aromatic nitrogens is 1. The van der Waals surface area contributed by atoms with E-state index in [2.05, 4.69) is 12.1 Å². The fraction of sp³-hybridized carbons (Fsp3) is 0.147. The highest BCUT2D eigenvalue weighted by molar-refractivity contribution is 7.07. The van der Waals surface area contributed by atoms with Crippen LogP contribution in [0, 0.1) is 0 Å². The number of benzene rings is 3. The van der Waals surface area contributed by atoms with E-state index in [1.807, 2.05) is 30.3 Å². The minimum absolute atomic E-state index is 0.0939. The lowest BCUT2D eigenvalue weighted by atomic mass is 9.83. The summed E-state index contributed by atoms with van der Waals surface area (Å²) in [6, 6.07) is 21.5. The molecule has 0 saturated heterocycles. The number of nitrogens with zero attached hydrogens (tertiary/aromatic N) is 2. The Morgan fingerprint density at radius 1 is 1.02 bits per heavy atom. The van der Waals surface area contributed by atoms with E-state index in [1.165, 1.54) is 35.1 Å². The molecule has 1 atom stereocenters. The largest absolute Gasteiger partial charge is 0.493 e. The van der Waals surface area contributed by atoms with E-state index in [0.717, 1.165) is 35.2 Å². The molecule has 3 heterocycles. The van der Waals surface area contributed by atoms with Crippen LogP contribution in [0.5, 0.6) is 11.5 Å². The number of hydrogen-bond acceptors (Lipinski definition) is 7. The van der Waals surface area contributed by atoms with E-state index < -0.39 is 5.97 Å². The lowest BCUT2D eigenvalue weighted by molar-refractivity contribution is 0.0697. The number of halogens is 1. The monoisotopic (exact) mass is 624 g/mol. The number of fused-ring (bicyclic) bond motifs is 3. The Bertz CT molecular complexity index is 2190. The molecule has 2 aromatic heterocycles. The SMILES string of the molecule is COc1ccc([C@H]2C3=C(N=c4s/c(=C\c5ccc(-c6cc(C(=O)O)ccc6Cl)o5)c(=O)n42)c2ccccc2CC3)cc1OC. The van der Waals surface area contributed by atoms with Crippen LogP contribution in [0.25, 0.3) is 23.1 Å². The van der Waals surface area contributed by atoms with Gasteiger partial charge in [0.25, 0.3) is 5.56 Å². The summed E-state index contributed by atoms with van der Waals surface area (Å²) >= 11 is 7.65. The van der Waals surface area contributed by atoms with Gasteiger partial charge in [0.2, 0.25) is 0 Å². The maximum Gasteiger partial charge on any atom is 0.335 e. The smallest absolute Gasteiger partial charge is 0.335 e. The predicted octanol–water partition coefficient (Wildman–Crippen LogP) is 5.95. The van der Waals surface area contributed by atoms with Crippen molar-refractivity contribution in [3.05, 3.63) is 131 Å². The second kappa shape index (κ2) is 11.0. The Hall–Kier alpha value is -4.86. The van der Waals surface area contributed by atoms with Crippen molar-refractivity contribution in [1.29, 1.82) is 0 Å². The standard InChI is InChI=1S/C34H25ClN2O6S/c1-41-27-13-9-19(16-28(27)42-2)31-23-11-7-18-5-3-4-6-22(18)30(23)36-34-37(31)32(38)29(44-34)17-21-10-14-26(43-21)24-15-20(33(39)40)8-12-25(24)35/h3-6,8-10,12-17,31H,7,11H2,1-2H3,(H,39,40)/b29-17-/t31-/m0/s1. The fourth-order valence-corrected chi connectivity index (χ4v) is 7.09. The lowest BCUT2D eigenvalue weighted by Crippen LogP contribution is -2.38. The van der Waals surface area contributed by atoms with Crippen LogP contribution in [0.2, 0.25) is 5.02 Å². The van der Waals surface area contributed by atoms with Gasteiger partial charge in [0.1, 0.15) is 11.5 Å². The molecular weight excluding hydrogens is 600 g/mol. The molecule has 0 spiro atoms. The van der Waals surface area contributed by atoms with Gasteiger partial charge in [-0.2, -0.15) is 0 Å². The Morgan fingerprint density at radius 3 is 2.64 bits per heavy atom. The first-order chi connectivity index (χ1) is 21.4. The zero-order valence-corrected chi connectivity index (χ0v) is 25.2. The first-order valence-corrected chi connectivity index (χ1v) is 15.0. The number of thiazole rings is 1. The van der Waals surface area contributed by atoms with Crippen LogP contribution in [0.15, 0.2) is 92.6 Å². The second-order valence-electron chi connectivity index (χ2n) is 10.4. The van der Waals surface area contributed by atoms with Gasteiger partial charge in [0.15, 0.2) is 16.3 Å². The number of carbonyl (C=O) groups is 1. The van der Waals surface area contributed by atoms with Gasteiger partial charge in [-0.25, -0.2) is 9.79 Å². The zero-order valence-electron chi connectivity index (χ0n) is 23.7. The van der Waals surface area contributed by atoms with E-state index in [4.69, 9.17) is 30.5 Å². The predicted molar refractivity (Wildman–Crippen MR) is 168 cm³/mol. The first kappa shape index (κ1) is 27.9. The minimum atomic E-state index is -1.06. The Balaban J connectivity index is 1.39. The van der Waals surface area contributed by atoms with Crippen molar-refractivity contribution >= 4 is 40.7 Å². The van der Waals surface area contributed by atoms with Crippen molar-refractivity contribution < 1.29 is 23.8 Å². The van der Waals surface area contributed by atoms with Crippen LogP contribution < -0.4 is 24.4 Å². The quantitative estimate of drug-likeness (QED) is 0.251. The van der Waals surface area contributed by atoms with E-state index in [0.29, 0.717) is 42.9 Å². The highest BCUT2D eigenvalue weighted by Crippen LogP contribution is 2.43. The van der Waals surface area contributed by atoms with Crippen molar-refractivity contribution in [3.63, 3.8) is 0 Å². The third kappa shape index (κ3) is 4.65. The molecule has 2 aliphatic rings. The summed E-state index contributed by atoms with van der Waals surface area (Å²) < 4.78 is 19.3. The van der Waals surface area contributed by atoms with Crippen molar-refractivity contribution in [1.82, 2.24) is 4.57 Å². The van der Waals surface area contributed by atoms with E-state index in [-0.39, 0.29) is 17.2 Å². The molecule has 44 heavy (non-hydrogen) atoms. The van der Waals surface area contributed by atoms with Gasteiger partial charge < -0.3 is 19.0 Å². The topological polar surface area (TPSA) is 103 Å². The molecule has 0 unspecified atom stereocenters. The average Bonchev–Trinajstić information content (AvgIpc) is 3.63. The summed E-state index contributed by atoms with van der Waals surface area (Å²) in [4.78, 5) is 31.3. The van der Waals surface area contributed by atoms with Crippen molar-refractivity contribution in [2.24, 2.45) is 4.99 Å². The number of aromatic carboxylic acids is 1. The van der Waals surface area contributed by atoms with Crippen LogP contribution in [-0.4, -0.2) is 29.9 Å². The zero-order chi connectivity index (χ0) is 30.5. The number of allylic oxidation sites excluding steroid dienone is 1. The van der Waals surface area contributed by atoms with Crippen molar-refractivity contribution in [2.45, 2.75) is 18.9 Å². The molecule has 3 aromatic carbocycles. The molecule has 1 aliphatic carbocycles. The Morgan fingerprint density at radius 2 is 1.84 bits per heavy atom. The molecular formula is C34H25ClN2O6S. The maximum atomic E-state index is 14.1. The van der Waals surface area contributed by atoms with Gasteiger partial charge in [-0.3, -0.25) is 9.36 Å². The molecule has 1 aliphatic heterocycles. The molecule has 220 valence electrons. The molecule has 8 nitrogen and oxygen atoms in total. The third-order valence-electron chi connectivity index (χ3n) is 7.98. The summed E-state index contributed by atoms with van der Waals surface area (Å²) in [5, 5.41) is 9.76. The molecule has 0 fully saturated rings. The van der Waals surface area contributed by atoms with Gasteiger partial charge in [-0.15, -0.1) is 0 Å². The van der Waals surface area contributed by atoms with Gasteiger partial charge in [-0.05, 0) is 72.0 Å². The van der Waals surface area contributed by atoms with Crippen LogP contribution in [-0.2, 0) is 6.42 Å². The van der Waals surface area contributed by atoms with Gasteiger partial charge in [-0.1, -0.05) is 53.3 Å². The van der Waals surface area contributed by atoms with E-state index >= 15 is 0 Å². The molecule has 0 bridgehead atoms. The number of ether oxygens (including phenoxy) is 2. The van der Waals surface area contributed by atoms with E-state index in [9.17, 15) is 14.7 Å². The molecule has 7 rings (SSSR count).